The summed E-state index contributed by atoms with van der Waals surface area (Å²) in [4.78, 5) is 0. The second-order valence-electron chi connectivity index (χ2n) is 3.91. The Morgan fingerprint density at radius 1 is 1.50 bits per heavy atom. The van der Waals surface area contributed by atoms with Crippen LogP contribution in [-0.4, -0.2) is 21.9 Å². The van der Waals surface area contributed by atoms with Gasteiger partial charge in [0.15, 0.2) is 0 Å². The second kappa shape index (κ2) is 4.63. The van der Waals surface area contributed by atoms with Crippen LogP contribution in [-0.2, 0) is 0 Å². The highest BCUT2D eigenvalue weighted by atomic mass is 16.3. The van der Waals surface area contributed by atoms with Crippen molar-refractivity contribution in [3.8, 4) is 0 Å². The molecule has 0 aromatic rings. The summed E-state index contributed by atoms with van der Waals surface area (Å²) < 4.78 is 0. The van der Waals surface area contributed by atoms with Gasteiger partial charge in [0.2, 0.25) is 0 Å². The standard InChI is InChI=1S/C10H20O2/c1-5-10(4,12)7-6-9(11)8(2)3/h5,8-9,11-12H,1,6-7H2,2-4H3. The minimum absolute atomic E-state index is 0.255. The van der Waals surface area contributed by atoms with Gasteiger partial charge >= 0.3 is 0 Å². The first-order chi connectivity index (χ1) is 5.39. The van der Waals surface area contributed by atoms with E-state index in [1.165, 1.54) is 6.08 Å². The van der Waals surface area contributed by atoms with E-state index in [2.05, 4.69) is 6.58 Å². The zero-order valence-corrected chi connectivity index (χ0v) is 8.25. The average molecular weight is 172 g/mol. The number of hydrogen-bond acceptors (Lipinski definition) is 2. The molecule has 0 saturated carbocycles. The third-order valence-electron chi connectivity index (χ3n) is 2.16. The van der Waals surface area contributed by atoms with Crippen LogP contribution in [0.2, 0.25) is 0 Å². The van der Waals surface area contributed by atoms with E-state index in [1.807, 2.05) is 13.8 Å². The van der Waals surface area contributed by atoms with E-state index in [0.29, 0.717) is 12.8 Å². The van der Waals surface area contributed by atoms with Crippen molar-refractivity contribution in [2.45, 2.75) is 45.3 Å². The van der Waals surface area contributed by atoms with Crippen molar-refractivity contribution < 1.29 is 10.2 Å². The van der Waals surface area contributed by atoms with Crippen molar-refractivity contribution in [2.24, 2.45) is 5.92 Å². The molecule has 72 valence electrons. The number of aliphatic hydroxyl groups is 2. The molecule has 0 aliphatic heterocycles. The highest BCUT2D eigenvalue weighted by molar-refractivity contribution is 4.91. The van der Waals surface area contributed by atoms with Gasteiger partial charge in [-0.1, -0.05) is 19.9 Å². The van der Waals surface area contributed by atoms with Crippen molar-refractivity contribution in [3.05, 3.63) is 12.7 Å². The van der Waals surface area contributed by atoms with Gasteiger partial charge in [-0.25, -0.2) is 0 Å². The van der Waals surface area contributed by atoms with Crippen molar-refractivity contribution in [3.63, 3.8) is 0 Å². The monoisotopic (exact) mass is 172 g/mol. The molecule has 2 heteroatoms. The van der Waals surface area contributed by atoms with Gasteiger partial charge in [0.05, 0.1) is 11.7 Å². The summed E-state index contributed by atoms with van der Waals surface area (Å²) in [6.45, 7) is 9.16. The average Bonchev–Trinajstić information content (AvgIpc) is 2.00. The summed E-state index contributed by atoms with van der Waals surface area (Å²) in [6.07, 6.45) is 2.38. The van der Waals surface area contributed by atoms with Crippen LogP contribution < -0.4 is 0 Å². The maximum Gasteiger partial charge on any atom is 0.0798 e. The van der Waals surface area contributed by atoms with Gasteiger partial charge in [-0.2, -0.15) is 0 Å². The molecule has 0 fully saturated rings. The maximum atomic E-state index is 9.52. The van der Waals surface area contributed by atoms with E-state index in [0.717, 1.165) is 0 Å². The predicted octanol–water partition coefficient (Wildman–Crippen LogP) is 1.72. The molecule has 2 atom stereocenters. The molecule has 0 bridgehead atoms. The number of rotatable bonds is 5. The Labute approximate surface area is 74.9 Å². The van der Waals surface area contributed by atoms with Crippen LogP contribution in [0.15, 0.2) is 12.7 Å². The quantitative estimate of drug-likeness (QED) is 0.620. The molecular weight excluding hydrogens is 152 g/mol. The first-order valence-electron chi connectivity index (χ1n) is 4.43. The second-order valence-corrected chi connectivity index (χ2v) is 3.91. The van der Waals surface area contributed by atoms with Crippen molar-refractivity contribution in [1.82, 2.24) is 0 Å². The summed E-state index contributed by atoms with van der Waals surface area (Å²) in [6, 6.07) is 0. The normalized spacial score (nSPS) is 18.8. The van der Waals surface area contributed by atoms with Crippen molar-refractivity contribution in [2.75, 3.05) is 0 Å². The van der Waals surface area contributed by atoms with Crippen LogP contribution in [0, 0.1) is 5.92 Å². The van der Waals surface area contributed by atoms with Gasteiger partial charge in [-0.05, 0) is 25.7 Å². The molecule has 0 aliphatic carbocycles. The van der Waals surface area contributed by atoms with Gasteiger partial charge in [-0.15, -0.1) is 6.58 Å². The highest BCUT2D eigenvalue weighted by Crippen LogP contribution is 2.17. The number of hydrogen-bond donors (Lipinski definition) is 2. The van der Waals surface area contributed by atoms with Crippen LogP contribution in [0.3, 0.4) is 0 Å². The fourth-order valence-electron chi connectivity index (χ4n) is 0.875. The zero-order valence-electron chi connectivity index (χ0n) is 8.25. The summed E-state index contributed by atoms with van der Waals surface area (Å²) in [5, 5.41) is 19.0. The lowest BCUT2D eigenvalue weighted by molar-refractivity contribution is 0.0575. The summed E-state index contributed by atoms with van der Waals surface area (Å²) >= 11 is 0. The minimum Gasteiger partial charge on any atom is -0.393 e. The van der Waals surface area contributed by atoms with E-state index < -0.39 is 5.60 Å². The van der Waals surface area contributed by atoms with E-state index in [4.69, 9.17) is 0 Å². The van der Waals surface area contributed by atoms with Crippen LogP contribution >= 0.6 is 0 Å². The molecule has 0 radical (unpaired) electrons. The molecule has 0 aliphatic rings. The Hall–Kier alpha value is -0.340. The predicted molar refractivity (Wildman–Crippen MR) is 50.9 cm³/mol. The van der Waals surface area contributed by atoms with Gasteiger partial charge in [0.25, 0.3) is 0 Å². The van der Waals surface area contributed by atoms with Crippen LogP contribution in [0.25, 0.3) is 0 Å². The first-order valence-corrected chi connectivity index (χ1v) is 4.43. The zero-order chi connectivity index (χ0) is 9.78. The van der Waals surface area contributed by atoms with E-state index >= 15 is 0 Å². The SMILES string of the molecule is C=CC(C)(O)CCC(O)C(C)C. The molecule has 0 amide bonds. The van der Waals surface area contributed by atoms with Gasteiger partial charge in [-0.3, -0.25) is 0 Å². The lowest BCUT2D eigenvalue weighted by Crippen LogP contribution is -2.24. The third kappa shape index (κ3) is 4.52. The smallest absolute Gasteiger partial charge is 0.0798 e. The lowest BCUT2D eigenvalue weighted by Gasteiger charge is -2.21. The largest absolute Gasteiger partial charge is 0.393 e. The molecule has 12 heavy (non-hydrogen) atoms. The Morgan fingerprint density at radius 3 is 2.33 bits per heavy atom. The Balaban J connectivity index is 3.75. The van der Waals surface area contributed by atoms with Crippen molar-refractivity contribution in [1.29, 1.82) is 0 Å². The molecule has 2 unspecified atom stereocenters. The molecule has 0 aromatic carbocycles. The Morgan fingerprint density at radius 2 is 2.00 bits per heavy atom. The van der Waals surface area contributed by atoms with E-state index in [9.17, 15) is 10.2 Å². The van der Waals surface area contributed by atoms with Gasteiger partial charge in [0, 0.05) is 0 Å². The molecule has 2 N–H and O–H groups in total. The molecule has 2 nitrogen and oxygen atoms in total. The van der Waals surface area contributed by atoms with Crippen molar-refractivity contribution >= 4 is 0 Å². The summed E-state index contributed by atoms with van der Waals surface area (Å²) in [5.41, 5.74) is -0.837. The fraction of sp³-hybridized carbons (Fsp3) is 0.800. The third-order valence-corrected chi connectivity index (χ3v) is 2.16. The van der Waals surface area contributed by atoms with Crippen LogP contribution in [0.1, 0.15) is 33.6 Å². The first kappa shape index (κ1) is 11.7. The highest BCUT2D eigenvalue weighted by Gasteiger charge is 2.18. The molecule has 0 heterocycles. The topological polar surface area (TPSA) is 40.5 Å². The summed E-state index contributed by atoms with van der Waals surface area (Å²) in [5.74, 6) is 0.255. The van der Waals surface area contributed by atoms with Crippen LogP contribution in [0.5, 0.6) is 0 Å². The Kier molecular flexibility index (Phi) is 4.50. The van der Waals surface area contributed by atoms with Gasteiger partial charge in [0.1, 0.15) is 0 Å². The molecule has 0 aromatic heterocycles. The molecular formula is C10H20O2. The lowest BCUT2D eigenvalue weighted by atomic mass is 9.94. The maximum absolute atomic E-state index is 9.52. The summed E-state index contributed by atoms with van der Waals surface area (Å²) in [7, 11) is 0. The molecule has 0 rings (SSSR count). The van der Waals surface area contributed by atoms with E-state index in [-0.39, 0.29) is 12.0 Å². The fourth-order valence-corrected chi connectivity index (χ4v) is 0.875. The van der Waals surface area contributed by atoms with Crippen LogP contribution in [0.4, 0.5) is 0 Å². The number of aliphatic hydroxyl groups excluding tert-OH is 1. The Bertz CT molecular complexity index is 139. The molecule has 0 saturated heterocycles. The molecule has 0 spiro atoms. The van der Waals surface area contributed by atoms with E-state index in [1.54, 1.807) is 6.92 Å². The van der Waals surface area contributed by atoms with Gasteiger partial charge < -0.3 is 10.2 Å². The minimum atomic E-state index is -0.837.